The standard InChI is InChI=1S/C18H16S/c1-14-8-5-6-11-16(14)18(17-12-7-13-19-17)15-9-3-2-4-10-15/h2-13,18H,1H3. The van der Waals surface area contributed by atoms with E-state index >= 15 is 0 Å². The van der Waals surface area contributed by atoms with Crippen molar-refractivity contribution in [2.75, 3.05) is 0 Å². The van der Waals surface area contributed by atoms with Crippen molar-refractivity contribution >= 4 is 11.3 Å². The normalized spacial score (nSPS) is 12.3. The van der Waals surface area contributed by atoms with Gasteiger partial charge in [-0.05, 0) is 35.1 Å². The molecule has 3 aromatic rings. The van der Waals surface area contributed by atoms with E-state index in [1.807, 2.05) is 11.3 Å². The Morgan fingerprint density at radius 3 is 2.21 bits per heavy atom. The van der Waals surface area contributed by atoms with E-state index in [2.05, 4.69) is 79.0 Å². The summed E-state index contributed by atoms with van der Waals surface area (Å²) in [4.78, 5) is 1.40. The van der Waals surface area contributed by atoms with Crippen LogP contribution in [0.5, 0.6) is 0 Å². The summed E-state index contributed by atoms with van der Waals surface area (Å²) in [7, 11) is 0. The Morgan fingerprint density at radius 2 is 1.53 bits per heavy atom. The molecule has 0 aliphatic carbocycles. The van der Waals surface area contributed by atoms with E-state index in [0.717, 1.165) is 0 Å². The summed E-state index contributed by atoms with van der Waals surface area (Å²) in [6.45, 7) is 2.19. The van der Waals surface area contributed by atoms with Gasteiger partial charge < -0.3 is 0 Å². The molecule has 0 nitrogen and oxygen atoms in total. The highest BCUT2D eigenvalue weighted by Gasteiger charge is 2.18. The molecule has 0 fully saturated rings. The van der Waals surface area contributed by atoms with Gasteiger partial charge in [0, 0.05) is 10.8 Å². The average molecular weight is 264 g/mol. The third-order valence-corrected chi connectivity index (χ3v) is 4.40. The monoisotopic (exact) mass is 264 g/mol. The quantitative estimate of drug-likeness (QED) is 0.607. The number of aryl methyl sites for hydroxylation is 1. The minimum Gasteiger partial charge on any atom is -0.148 e. The Labute approximate surface area is 118 Å². The number of benzene rings is 2. The number of rotatable bonds is 3. The van der Waals surface area contributed by atoms with Crippen molar-refractivity contribution in [3.63, 3.8) is 0 Å². The van der Waals surface area contributed by atoms with Gasteiger partial charge in [-0.15, -0.1) is 11.3 Å². The van der Waals surface area contributed by atoms with Crippen molar-refractivity contribution in [3.05, 3.63) is 93.7 Å². The van der Waals surface area contributed by atoms with Gasteiger partial charge in [0.05, 0.1) is 0 Å². The molecule has 0 radical (unpaired) electrons. The lowest BCUT2D eigenvalue weighted by Crippen LogP contribution is -2.03. The lowest BCUT2D eigenvalue weighted by molar-refractivity contribution is 0.988. The third-order valence-electron chi connectivity index (χ3n) is 3.46. The van der Waals surface area contributed by atoms with Gasteiger partial charge in [0.25, 0.3) is 0 Å². The number of hydrogen-bond donors (Lipinski definition) is 0. The third kappa shape index (κ3) is 2.47. The lowest BCUT2D eigenvalue weighted by atomic mass is 9.87. The minimum absolute atomic E-state index is 0.349. The van der Waals surface area contributed by atoms with Gasteiger partial charge >= 0.3 is 0 Å². The van der Waals surface area contributed by atoms with E-state index in [1.165, 1.54) is 21.6 Å². The predicted octanol–water partition coefficient (Wildman–Crippen LogP) is 5.24. The molecule has 2 aromatic carbocycles. The van der Waals surface area contributed by atoms with Crippen molar-refractivity contribution in [1.29, 1.82) is 0 Å². The van der Waals surface area contributed by atoms with Crippen LogP contribution < -0.4 is 0 Å². The Kier molecular flexibility index (Phi) is 3.47. The Morgan fingerprint density at radius 1 is 0.789 bits per heavy atom. The highest BCUT2D eigenvalue weighted by Crippen LogP contribution is 2.35. The van der Waals surface area contributed by atoms with Crippen molar-refractivity contribution < 1.29 is 0 Å². The van der Waals surface area contributed by atoms with Crippen LogP contribution in [0.4, 0.5) is 0 Å². The summed E-state index contributed by atoms with van der Waals surface area (Å²) < 4.78 is 0. The van der Waals surface area contributed by atoms with Gasteiger partial charge in [-0.25, -0.2) is 0 Å². The lowest BCUT2D eigenvalue weighted by Gasteiger charge is -2.18. The maximum Gasteiger partial charge on any atom is 0.0436 e. The molecule has 0 spiro atoms. The zero-order valence-electron chi connectivity index (χ0n) is 10.9. The fourth-order valence-electron chi connectivity index (χ4n) is 2.51. The number of thiophene rings is 1. The fourth-order valence-corrected chi connectivity index (χ4v) is 3.38. The second-order valence-corrected chi connectivity index (χ2v) is 5.69. The van der Waals surface area contributed by atoms with E-state index < -0.39 is 0 Å². The molecule has 94 valence electrons. The van der Waals surface area contributed by atoms with Crippen LogP contribution in [-0.4, -0.2) is 0 Å². The van der Waals surface area contributed by atoms with Gasteiger partial charge in [0.15, 0.2) is 0 Å². The molecule has 0 N–H and O–H groups in total. The smallest absolute Gasteiger partial charge is 0.0436 e. The first-order chi connectivity index (χ1) is 9.36. The van der Waals surface area contributed by atoms with Crippen LogP contribution >= 0.6 is 11.3 Å². The predicted molar refractivity (Wildman–Crippen MR) is 82.9 cm³/mol. The summed E-state index contributed by atoms with van der Waals surface area (Å²) >= 11 is 1.83. The summed E-state index contributed by atoms with van der Waals surface area (Å²) in [5, 5.41) is 2.16. The molecule has 0 saturated carbocycles. The highest BCUT2D eigenvalue weighted by atomic mass is 32.1. The zero-order valence-corrected chi connectivity index (χ0v) is 11.7. The Balaban J connectivity index is 2.16. The molecule has 0 aliphatic heterocycles. The Hall–Kier alpha value is -1.86. The Bertz CT molecular complexity index is 638. The molecule has 0 saturated heterocycles. The van der Waals surface area contributed by atoms with Gasteiger partial charge in [0.1, 0.15) is 0 Å². The van der Waals surface area contributed by atoms with Crippen molar-refractivity contribution in [2.24, 2.45) is 0 Å². The second-order valence-electron chi connectivity index (χ2n) is 4.72. The van der Waals surface area contributed by atoms with Gasteiger partial charge in [0.2, 0.25) is 0 Å². The SMILES string of the molecule is Cc1ccccc1C(c1ccccc1)c1cccs1. The van der Waals surface area contributed by atoms with Crippen molar-refractivity contribution in [2.45, 2.75) is 12.8 Å². The van der Waals surface area contributed by atoms with E-state index in [-0.39, 0.29) is 0 Å². The first kappa shape index (κ1) is 12.2. The van der Waals surface area contributed by atoms with Crippen LogP contribution in [0.2, 0.25) is 0 Å². The van der Waals surface area contributed by atoms with E-state index in [9.17, 15) is 0 Å². The number of hydrogen-bond acceptors (Lipinski definition) is 1. The van der Waals surface area contributed by atoms with Crippen LogP contribution in [-0.2, 0) is 0 Å². The van der Waals surface area contributed by atoms with E-state index in [4.69, 9.17) is 0 Å². The van der Waals surface area contributed by atoms with Gasteiger partial charge in [-0.1, -0.05) is 60.7 Å². The van der Waals surface area contributed by atoms with Crippen LogP contribution in [0.1, 0.15) is 27.5 Å². The summed E-state index contributed by atoms with van der Waals surface area (Å²) in [5.41, 5.74) is 4.11. The first-order valence-corrected chi connectivity index (χ1v) is 7.38. The minimum atomic E-state index is 0.349. The van der Waals surface area contributed by atoms with E-state index in [0.29, 0.717) is 5.92 Å². The highest BCUT2D eigenvalue weighted by molar-refractivity contribution is 7.10. The molecule has 0 aliphatic rings. The van der Waals surface area contributed by atoms with Gasteiger partial charge in [-0.2, -0.15) is 0 Å². The summed E-state index contributed by atoms with van der Waals surface area (Å²) in [6.07, 6.45) is 0. The van der Waals surface area contributed by atoms with Crippen LogP contribution in [0.3, 0.4) is 0 Å². The largest absolute Gasteiger partial charge is 0.148 e. The van der Waals surface area contributed by atoms with Crippen LogP contribution in [0, 0.1) is 6.92 Å². The van der Waals surface area contributed by atoms with E-state index in [1.54, 1.807) is 0 Å². The van der Waals surface area contributed by atoms with Gasteiger partial charge in [-0.3, -0.25) is 0 Å². The van der Waals surface area contributed by atoms with Crippen molar-refractivity contribution in [1.82, 2.24) is 0 Å². The maximum absolute atomic E-state index is 2.24. The molecule has 19 heavy (non-hydrogen) atoms. The molecule has 1 atom stereocenters. The average Bonchev–Trinajstić information content (AvgIpc) is 2.96. The molecule has 1 aromatic heterocycles. The first-order valence-electron chi connectivity index (χ1n) is 6.50. The van der Waals surface area contributed by atoms with Crippen molar-refractivity contribution in [3.8, 4) is 0 Å². The molecule has 1 heteroatoms. The molecule has 0 amide bonds. The maximum atomic E-state index is 2.24. The topological polar surface area (TPSA) is 0 Å². The molecule has 0 bridgehead atoms. The summed E-state index contributed by atoms with van der Waals surface area (Å²) in [6, 6.07) is 23.8. The fraction of sp³-hybridized carbons (Fsp3) is 0.111. The van der Waals surface area contributed by atoms with Crippen LogP contribution in [0.15, 0.2) is 72.1 Å². The van der Waals surface area contributed by atoms with Crippen LogP contribution in [0.25, 0.3) is 0 Å². The molecule has 1 unspecified atom stereocenters. The summed E-state index contributed by atoms with van der Waals surface area (Å²) in [5.74, 6) is 0.349. The zero-order chi connectivity index (χ0) is 13.1. The molecule has 3 rings (SSSR count). The second kappa shape index (κ2) is 5.41. The molecular formula is C18H16S. The molecule has 1 heterocycles. The molecular weight excluding hydrogens is 248 g/mol.